The first-order valence-electron chi connectivity index (χ1n) is 7.23. The van der Waals surface area contributed by atoms with Crippen LogP contribution >= 0.6 is 36.2 Å². The van der Waals surface area contributed by atoms with Crippen molar-refractivity contribution in [3.8, 4) is 10.6 Å². The summed E-state index contributed by atoms with van der Waals surface area (Å²) in [5, 5.41) is 13.5. The zero-order valence-corrected chi connectivity index (χ0v) is 15.8. The summed E-state index contributed by atoms with van der Waals surface area (Å²) in [7, 11) is 0. The molecular weight excluding hydrogens is 401 g/mol. The lowest BCUT2D eigenvalue weighted by Gasteiger charge is -2.08. The average molecular weight is 412 g/mol. The Morgan fingerprint density at radius 3 is 2.42 bits per heavy atom. The quantitative estimate of drug-likeness (QED) is 0.307. The van der Waals surface area contributed by atoms with Gasteiger partial charge in [-0.1, -0.05) is 36.0 Å². The summed E-state index contributed by atoms with van der Waals surface area (Å²) >= 11 is 9.91. The van der Waals surface area contributed by atoms with Crippen molar-refractivity contribution in [2.24, 2.45) is 10.2 Å². The van der Waals surface area contributed by atoms with Gasteiger partial charge in [-0.25, -0.2) is 4.68 Å². The molecule has 3 aromatic rings. The number of benzene rings is 1. The smallest absolute Gasteiger partial charge is 0.208 e. The fourth-order valence-corrected chi connectivity index (χ4v) is 3.18. The molecule has 0 aliphatic rings. The Kier molecular flexibility index (Phi) is 5.26. The lowest BCUT2D eigenvalue weighted by atomic mass is 10.2. The number of alkyl halides is 3. The summed E-state index contributed by atoms with van der Waals surface area (Å²) in [5.74, 6) is 0. The highest BCUT2D eigenvalue weighted by Gasteiger charge is 2.41. The fourth-order valence-electron chi connectivity index (χ4n) is 2.20. The molecule has 4 nitrogen and oxygen atoms in total. The van der Waals surface area contributed by atoms with E-state index in [1.165, 1.54) is 11.3 Å². The number of aromatic nitrogens is 2. The van der Waals surface area contributed by atoms with Crippen LogP contribution in [0, 0.1) is 6.92 Å². The minimum atomic E-state index is -4.73. The van der Waals surface area contributed by atoms with Crippen LogP contribution in [-0.4, -0.2) is 14.1 Å². The zero-order chi connectivity index (χ0) is 18.9. The maximum atomic E-state index is 13.7. The zero-order valence-electron chi connectivity index (χ0n) is 13.2. The van der Waals surface area contributed by atoms with Crippen LogP contribution in [0.2, 0.25) is 0 Å². The van der Waals surface area contributed by atoms with Crippen LogP contribution in [0.5, 0.6) is 0 Å². The highest BCUT2D eigenvalue weighted by Crippen LogP contribution is 2.44. The number of aryl methyl sites for hydroxylation is 1. The molecule has 0 fully saturated rings. The van der Waals surface area contributed by atoms with E-state index in [1.54, 1.807) is 41.8 Å². The van der Waals surface area contributed by atoms with E-state index in [0.717, 1.165) is 5.56 Å². The molecule has 0 spiro atoms. The van der Waals surface area contributed by atoms with E-state index < -0.39 is 17.6 Å². The molecule has 0 saturated carbocycles. The molecule has 3 rings (SSSR count). The second-order valence-corrected chi connectivity index (χ2v) is 7.31. The van der Waals surface area contributed by atoms with Crippen molar-refractivity contribution < 1.29 is 13.2 Å². The van der Waals surface area contributed by atoms with Crippen LogP contribution in [-0.2, 0) is 6.18 Å². The van der Waals surface area contributed by atoms with Gasteiger partial charge in [-0.05, 0) is 30.5 Å². The molecule has 0 amide bonds. The van der Waals surface area contributed by atoms with Crippen molar-refractivity contribution in [1.82, 2.24) is 9.78 Å². The molecule has 0 saturated heterocycles. The molecule has 0 atom stereocenters. The lowest BCUT2D eigenvalue weighted by molar-refractivity contribution is -0.141. The van der Waals surface area contributed by atoms with Gasteiger partial charge in [0.25, 0.3) is 0 Å². The molecule has 10 heteroatoms. The maximum absolute atomic E-state index is 13.7. The minimum Gasteiger partial charge on any atom is -0.208 e. The summed E-state index contributed by atoms with van der Waals surface area (Å²) in [6.07, 6.45) is -4.73. The molecule has 134 valence electrons. The third-order valence-corrected chi connectivity index (χ3v) is 4.60. The minimum absolute atomic E-state index is 0.0552. The van der Waals surface area contributed by atoms with E-state index in [1.807, 2.05) is 6.92 Å². The SMILES string of the molecule is Cc1ccc(N=Nc2c(-c3cccs3)nn(C(=S)S)c2C(F)(F)F)cc1. The van der Waals surface area contributed by atoms with Crippen LogP contribution in [0.4, 0.5) is 24.5 Å². The number of thiophene rings is 1. The third kappa shape index (κ3) is 3.87. The number of azo groups is 1. The van der Waals surface area contributed by atoms with Crippen LogP contribution in [0.25, 0.3) is 10.6 Å². The predicted molar refractivity (Wildman–Crippen MR) is 103 cm³/mol. The summed E-state index contributed by atoms with van der Waals surface area (Å²) < 4.78 is 41.2. The number of nitrogens with zero attached hydrogens (tertiary/aromatic N) is 4. The van der Waals surface area contributed by atoms with Crippen LogP contribution in [0.3, 0.4) is 0 Å². The van der Waals surface area contributed by atoms with Gasteiger partial charge in [0.1, 0.15) is 11.4 Å². The number of hydrogen-bond acceptors (Lipinski definition) is 5. The van der Waals surface area contributed by atoms with Crippen molar-refractivity contribution in [1.29, 1.82) is 0 Å². The number of halogens is 3. The molecule has 0 N–H and O–H groups in total. The fraction of sp³-hybridized carbons (Fsp3) is 0.125. The van der Waals surface area contributed by atoms with E-state index in [-0.39, 0.29) is 10.0 Å². The topological polar surface area (TPSA) is 42.5 Å². The monoisotopic (exact) mass is 412 g/mol. The first-order chi connectivity index (χ1) is 12.3. The van der Waals surface area contributed by atoms with Crippen molar-refractivity contribution in [2.75, 3.05) is 0 Å². The van der Waals surface area contributed by atoms with Gasteiger partial charge < -0.3 is 0 Å². The van der Waals surface area contributed by atoms with Gasteiger partial charge in [-0.15, -0.1) is 29.1 Å². The Labute approximate surface area is 161 Å². The molecule has 2 aromatic heterocycles. The van der Waals surface area contributed by atoms with Crippen molar-refractivity contribution in [3.05, 3.63) is 53.0 Å². The summed E-state index contributed by atoms with van der Waals surface area (Å²) in [6, 6.07) is 10.3. The van der Waals surface area contributed by atoms with E-state index in [9.17, 15) is 13.2 Å². The average Bonchev–Trinajstić information content (AvgIpc) is 3.21. The van der Waals surface area contributed by atoms with Crippen LogP contribution in [0.1, 0.15) is 11.3 Å². The van der Waals surface area contributed by atoms with Gasteiger partial charge in [0.2, 0.25) is 0 Å². The summed E-state index contributed by atoms with van der Waals surface area (Å²) in [4.78, 5) is 0.525. The van der Waals surface area contributed by atoms with Crippen molar-refractivity contribution >= 4 is 51.9 Å². The number of thiocarbonyl (C=S) groups is 1. The van der Waals surface area contributed by atoms with Crippen LogP contribution < -0.4 is 0 Å². The Morgan fingerprint density at radius 1 is 1.19 bits per heavy atom. The number of hydrogen-bond donors (Lipinski definition) is 1. The molecule has 0 radical (unpaired) electrons. The molecular formula is C16H11F3N4S3. The Bertz CT molecular complexity index is 958. The standard InChI is InChI=1S/C16H11F3N4S3/c1-9-4-6-10(7-5-9)20-21-13-12(11-3-2-8-26-11)22-23(15(24)25)14(13)16(17,18)19/h2-8H,1H3,(H,24,25). The molecule has 26 heavy (non-hydrogen) atoms. The van der Waals surface area contributed by atoms with Crippen molar-refractivity contribution in [2.45, 2.75) is 13.1 Å². The van der Waals surface area contributed by atoms with Gasteiger partial charge in [-0.3, -0.25) is 0 Å². The molecule has 0 aliphatic heterocycles. The van der Waals surface area contributed by atoms with E-state index in [2.05, 4.69) is 28.0 Å². The first kappa shape index (κ1) is 18.7. The molecule has 1 aromatic carbocycles. The molecule has 0 unspecified atom stereocenters. The second kappa shape index (κ2) is 7.29. The van der Waals surface area contributed by atoms with E-state index >= 15 is 0 Å². The van der Waals surface area contributed by atoms with Gasteiger partial charge in [-0.2, -0.15) is 23.4 Å². The Hall–Kier alpha value is -2.04. The normalized spacial score (nSPS) is 12.0. The number of thiol groups is 1. The maximum Gasteiger partial charge on any atom is 0.435 e. The van der Waals surface area contributed by atoms with Gasteiger partial charge in [0.05, 0.1) is 10.6 Å². The molecule has 2 heterocycles. The van der Waals surface area contributed by atoms with Crippen LogP contribution in [0.15, 0.2) is 52.0 Å². The van der Waals surface area contributed by atoms with Crippen molar-refractivity contribution in [3.63, 3.8) is 0 Å². The summed E-state index contributed by atoms with van der Waals surface area (Å²) in [5.41, 5.74) is 0.00257. The van der Waals surface area contributed by atoms with Gasteiger partial charge in [0, 0.05) is 0 Å². The number of rotatable bonds is 3. The van der Waals surface area contributed by atoms with E-state index in [0.29, 0.717) is 15.2 Å². The lowest BCUT2D eigenvalue weighted by Crippen LogP contribution is -2.17. The Morgan fingerprint density at radius 2 is 1.88 bits per heavy atom. The van der Waals surface area contributed by atoms with Gasteiger partial charge in [0.15, 0.2) is 10.0 Å². The summed E-state index contributed by atoms with van der Waals surface area (Å²) in [6.45, 7) is 1.90. The second-order valence-electron chi connectivity index (χ2n) is 5.25. The molecule has 0 bridgehead atoms. The predicted octanol–water partition coefficient (Wildman–Crippen LogP) is 6.42. The largest absolute Gasteiger partial charge is 0.435 e. The molecule has 0 aliphatic carbocycles. The highest BCUT2D eigenvalue weighted by atomic mass is 32.1. The first-order valence-corrected chi connectivity index (χ1v) is 8.96. The third-order valence-electron chi connectivity index (χ3n) is 3.36. The van der Waals surface area contributed by atoms with Gasteiger partial charge >= 0.3 is 6.18 Å². The van der Waals surface area contributed by atoms with E-state index in [4.69, 9.17) is 12.2 Å². The highest BCUT2D eigenvalue weighted by molar-refractivity contribution is 8.11. The Balaban J connectivity index is 2.20.